The van der Waals surface area contributed by atoms with Crippen LogP contribution in [0, 0.1) is 0 Å². The molecule has 1 aliphatic rings. The molecule has 15 heavy (non-hydrogen) atoms. The van der Waals surface area contributed by atoms with Crippen molar-refractivity contribution in [1.29, 1.82) is 0 Å². The number of hydrogen-bond donors (Lipinski definition) is 0. The van der Waals surface area contributed by atoms with Crippen LogP contribution in [0.1, 0.15) is 27.9 Å². The van der Waals surface area contributed by atoms with Crippen molar-refractivity contribution in [3.05, 3.63) is 46.3 Å². The SMILES string of the molecule is CC(=O)c1ccc(C2=NC=CC=CC2)s1. The minimum atomic E-state index is 0.117. The van der Waals surface area contributed by atoms with E-state index in [9.17, 15) is 4.79 Å². The Morgan fingerprint density at radius 3 is 3.00 bits per heavy atom. The lowest BCUT2D eigenvalue weighted by Gasteiger charge is -1.96. The van der Waals surface area contributed by atoms with Crippen LogP contribution in [-0.4, -0.2) is 11.5 Å². The van der Waals surface area contributed by atoms with Gasteiger partial charge in [-0.2, -0.15) is 0 Å². The van der Waals surface area contributed by atoms with Gasteiger partial charge in [-0.3, -0.25) is 9.79 Å². The first kappa shape index (κ1) is 10.1. The van der Waals surface area contributed by atoms with Crippen molar-refractivity contribution >= 4 is 22.8 Å². The molecule has 0 spiro atoms. The van der Waals surface area contributed by atoms with Crippen molar-refractivity contribution in [2.75, 3.05) is 0 Å². The number of Topliss-reactive ketones (excluding diaryl/α,β-unsaturated/α-hetero) is 1. The molecule has 0 aliphatic carbocycles. The van der Waals surface area contributed by atoms with E-state index in [1.165, 1.54) is 11.3 Å². The maximum atomic E-state index is 11.2. The molecule has 1 aromatic heterocycles. The van der Waals surface area contributed by atoms with Gasteiger partial charge in [0.2, 0.25) is 0 Å². The number of thiophene rings is 1. The first-order valence-electron chi connectivity index (χ1n) is 4.77. The summed E-state index contributed by atoms with van der Waals surface area (Å²) in [5, 5.41) is 0. The molecule has 0 fully saturated rings. The van der Waals surface area contributed by atoms with Crippen molar-refractivity contribution < 1.29 is 4.79 Å². The zero-order chi connectivity index (χ0) is 10.7. The fraction of sp³-hybridized carbons (Fsp3) is 0.167. The Balaban J connectivity index is 2.29. The maximum absolute atomic E-state index is 11.2. The second-order valence-electron chi connectivity index (χ2n) is 3.27. The van der Waals surface area contributed by atoms with Crippen LogP contribution in [0.4, 0.5) is 0 Å². The molecule has 0 saturated heterocycles. The van der Waals surface area contributed by atoms with Gasteiger partial charge in [0.25, 0.3) is 0 Å². The van der Waals surface area contributed by atoms with Crippen molar-refractivity contribution in [2.45, 2.75) is 13.3 Å². The molecule has 2 nitrogen and oxygen atoms in total. The predicted octanol–water partition coefficient (Wildman–Crippen LogP) is 3.21. The van der Waals surface area contributed by atoms with Gasteiger partial charge < -0.3 is 0 Å². The van der Waals surface area contributed by atoms with Gasteiger partial charge in [0.05, 0.1) is 10.6 Å². The van der Waals surface area contributed by atoms with Gasteiger partial charge in [-0.25, -0.2) is 0 Å². The second-order valence-corrected chi connectivity index (χ2v) is 4.35. The number of carbonyl (C=O) groups is 1. The molecule has 2 rings (SSSR count). The minimum absolute atomic E-state index is 0.117. The van der Waals surface area contributed by atoms with Gasteiger partial charge in [0.15, 0.2) is 5.78 Å². The summed E-state index contributed by atoms with van der Waals surface area (Å²) < 4.78 is 0. The molecule has 0 aromatic carbocycles. The van der Waals surface area contributed by atoms with E-state index in [4.69, 9.17) is 0 Å². The molecule has 0 atom stereocenters. The van der Waals surface area contributed by atoms with E-state index in [0.29, 0.717) is 0 Å². The molecule has 0 amide bonds. The highest BCUT2D eigenvalue weighted by atomic mass is 32.1. The minimum Gasteiger partial charge on any atom is -0.294 e. The number of aliphatic imine (C=N–C) groups is 1. The largest absolute Gasteiger partial charge is 0.294 e. The van der Waals surface area contributed by atoms with E-state index in [1.807, 2.05) is 24.3 Å². The number of ketones is 1. The summed E-state index contributed by atoms with van der Waals surface area (Å²) in [4.78, 5) is 17.4. The molecule has 0 saturated carbocycles. The third kappa shape index (κ3) is 2.30. The Morgan fingerprint density at radius 1 is 1.40 bits per heavy atom. The van der Waals surface area contributed by atoms with Gasteiger partial charge in [0.1, 0.15) is 0 Å². The monoisotopic (exact) mass is 217 g/mol. The zero-order valence-electron chi connectivity index (χ0n) is 8.43. The van der Waals surface area contributed by atoms with Crippen LogP contribution in [0.2, 0.25) is 0 Å². The Kier molecular flexibility index (Phi) is 2.92. The lowest BCUT2D eigenvalue weighted by atomic mass is 10.2. The molecule has 0 radical (unpaired) electrons. The standard InChI is InChI=1S/C12H11NOS/c1-9(14)11-6-7-12(15-11)10-5-3-2-4-8-13-10/h2-4,6-8H,5H2,1H3. The van der Waals surface area contributed by atoms with Gasteiger partial charge in [-0.1, -0.05) is 12.2 Å². The van der Waals surface area contributed by atoms with Crippen LogP contribution < -0.4 is 0 Å². The number of hydrogen-bond acceptors (Lipinski definition) is 3. The average molecular weight is 217 g/mol. The number of carbonyl (C=O) groups excluding carboxylic acids is 1. The average Bonchev–Trinajstić information content (AvgIpc) is 2.55. The maximum Gasteiger partial charge on any atom is 0.169 e. The highest BCUT2D eigenvalue weighted by Crippen LogP contribution is 2.20. The molecule has 1 aromatic rings. The Morgan fingerprint density at radius 2 is 2.27 bits per heavy atom. The van der Waals surface area contributed by atoms with Crippen LogP contribution >= 0.6 is 11.3 Å². The Labute approximate surface area is 92.7 Å². The summed E-state index contributed by atoms with van der Waals surface area (Å²) in [6.45, 7) is 1.59. The number of rotatable bonds is 2. The molecule has 76 valence electrons. The molecule has 1 aliphatic heterocycles. The topological polar surface area (TPSA) is 29.4 Å². The van der Waals surface area contributed by atoms with E-state index >= 15 is 0 Å². The fourth-order valence-corrected chi connectivity index (χ4v) is 2.25. The van der Waals surface area contributed by atoms with E-state index in [2.05, 4.69) is 11.1 Å². The molecular weight excluding hydrogens is 206 g/mol. The third-order valence-corrected chi connectivity index (χ3v) is 3.35. The number of nitrogens with zero attached hydrogens (tertiary/aromatic N) is 1. The van der Waals surface area contributed by atoms with Crippen molar-refractivity contribution in [3.63, 3.8) is 0 Å². The third-order valence-electron chi connectivity index (χ3n) is 2.11. The zero-order valence-corrected chi connectivity index (χ0v) is 9.25. The van der Waals surface area contributed by atoms with Gasteiger partial charge in [0, 0.05) is 17.5 Å². The Hall–Kier alpha value is -1.48. The predicted molar refractivity (Wildman–Crippen MR) is 63.8 cm³/mol. The van der Waals surface area contributed by atoms with E-state index in [-0.39, 0.29) is 5.78 Å². The Bertz CT molecular complexity index is 466. The van der Waals surface area contributed by atoms with Crippen LogP contribution in [0.15, 0.2) is 41.6 Å². The molecule has 0 N–H and O–H groups in total. The van der Waals surface area contributed by atoms with Crippen LogP contribution in [-0.2, 0) is 0 Å². The molecular formula is C12H11NOS. The van der Waals surface area contributed by atoms with Crippen LogP contribution in [0.25, 0.3) is 0 Å². The van der Waals surface area contributed by atoms with Crippen LogP contribution in [0.3, 0.4) is 0 Å². The summed E-state index contributed by atoms with van der Waals surface area (Å²) in [6, 6.07) is 3.83. The molecule has 3 heteroatoms. The summed E-state index contributed by atoms with van der Waals surface area (Å²) >= 11 is 1.51. The van der Waals surface area contributed by atoms with Gasteiger partial charge in [-0.05, 0) is 25.1 Å². The first-order valence-corrected chi connectivity index (χ1v) is 5.58. The normalized spacial score (nSPS) is 14.9. The molecule has 2 heterocycles. The second kappa shape index (κ2) is 4.36. The van der Waals surface area contributed by atoms with E-state index in [0.717, 1.165) is 21.9 Å². The van der Waals surface area contributed by atoms with Crippen molar-refractivity contribution in [3.8, 4) is 0 Å². The summed E-state index contributed by atoms with van der Waals surface area (Å²) in [7, 11) is 0. The quantitative estimate of drug-likeness (QED) is 0.699. The fourth-order valence-electron chi connectivity index (χ4n) is 1.34. The highest BCUT2D eigenvalue weighted by molar-refractivity contribution is 7.16. The van der Waals surface area contributed by atoms with E-state index < -0.39 is 0 Å². The van der Waals surface area contributed by atoms with Crippen LogP contribution in [0.5, 0.6) is 0 Å². The number of allylic oxidation sites excluding steroid dienone is 3. The summed E-state index contributed by atoms with van der Waals surface area (Å²) in [6.07, 6.45) is 8.56. The molecule has 0 bridgehead atoms. The summed E-state index contributed by atoms with van der Waals surface area (Å²) in [5.41, 5.74) is 1.03. The van der Waals surface area contributed by atoms with Crippen molar-refractivity contribution in [1.82, 2.24) is 0 Å². The van der Waals surface area contributed by atoms with Crippen molar-refractivity contribution in [2.24, 2.45) is 4.99 Å². The lowest BCUT2D eigenvalue weighted by Crippen LogP contribution is -1.94. The summed E-state index contributed by atoms with van der Waals surface area (Å²) in [5.74, 6) is 0.117. The van der Waals surface area contributed by atoms with E-state index in [1.54, 1.807) is 13.1 Å². The first-order chi connectivity index (χ1) is 7.27. The lowest BCUT2D eigenvalue weighted by molar-refractivity contribution is 0.102. The highest BCUT2D eigenvalue weighted by Gasteiger charge is 2.08. The van der Waals surface area contributed by atoms with Gasteiger partial charge in [-0.15, -0.1) is 11.3 Å². The van der Waals surface area contributed by atoms with Gasteiger partial charge >= 0.3 is 0 Å². The smallest absolute Gasteiger partial charge is 0.169 e. The molecule has 0 unspecified atom stereocenters.